The van der Waals surface area contributed by atoms with Crippen LogP contribution in [0.4, 0.5) is 4.39 Å². The third-order valence-corrected chi connectivity index (χ3v) is 4.23. The first-order valence-corrected chi connectivity index (χ1v) is 8.33. The average Bonchev–Trinajstić information content (AvgIpc) is 2.64. The van der Waals surface area contributed by atoms with Crippen molar-refractivity contribution in [2.45, 2.75) is 31.7 Å². The summed E-state index contributed by atoms with van der Waals surface area (Å²) < 4.78 is 18.6. The summed E-state index contributed by atoms with van der Waals surface area (Å²) in [6.45, 7) is 2.01. The van der Waals surface area contributed by atoms with E-state index in [1.54, 1.807) is 0 Å². The van der Waals surface area contributed by atoms with Gasteiger partial charge in [-0.05, 0) is 35.6 Å². The molecule has 0 heterocycles. The molecule has 0 saturated heterocycles. The molecule has 5 nitrogen and oxygen atoms in total. The summed E-state index contributed by atoms with van der Waals surface area (Å²) >= 11 is 0. The van der Waals surface area contributed by atoms with Crippen LogP contribution in [0.1, 0.15) is 42.9 Å². The van der Waals surface area contributed by atoms with Gasteiger partial charge >= 0.3 is 5.97 Å². The van der Waals surface area contributed by atoms with Gasteiger partial charge < -0.3 is 15.2 Å². The first kappa shape index (κ1) is 19.4. The number of carbonyl (C=O) groups excluding carboxylic acids is 1. The van der Waals surface area contributed by atoms with Gasteiger partial charge in [0.25, 0.3) is 0 Å². The Hall–Kier alpha value is -2.89. The summed E-state index contributed by atoms with van der Waals surface area (Å²) in [5.41, 5.74) is 1.27. The minimum Gasteiger partial charge on any atom is -0.494 e. The van der Waals surface area contributed by atoms with Crippen LogP contribution in [0.15, 0.2) is 48.5 Å². The van der Waals surface area contributed by atoms with E-state index in [4.69, 9.17) is 4.74 Å². The molecular weight excluding hydrogens is 337 g/mol. The molecule has 26 heavy (non-hydrogen) atoms. The van der Waals surface area contributed by atoms with Gasteiger partial charge in [-0.3, -0.25) is 4.79 Å². The molecule has 138 valence electrons. The summed E-state index contributed by atoms with van der Waals surface area (Å²) in [5.74, 6) is -2.14. The molecule has 0 aliphatic heterocycles. The molecule has 0 aliphatic rings. The van der Waals surface area contributed by atoms with E-state index in [0.717, 1.165) is 11.6 Å². The third-order valence-electron chi connectivity index (χ3n) is 4.23. The van der Waals surface area contributed by atoms with Gasteiger partial charge in [0, 0.05) is 6.42 Å². The van der Waals surface area contributed by atoms with Crippen molar-refractivity contribution in [1.82, 2.24) is 5.32 Å². The van der Waals surface area contributed by atoms with Crippen LogP contribution in [0.25, 0.3) is 0 Å². The lowest BCUT2D eigenvalue weighted by Crippen LogP contribution is -2.33. The maximum absolute atomic E-state index is 13.8. The maximum Gasteiger partial charge on any atom is 0.330 e. The number of rotatable bonds is 8. The van der Waals surface area contributed by atoms with Gasteiger partial charge in [0.1, 0.15) is 0 Å². The quantitative estimate of drug-likeness (QED) is 0.754. The Morgan fingerprint density at radius 3 is 2.42 bits per heavy atom. The molecule has 2 unspecified atom stereocenters. The van der Waals surface area contributed by atoms with E-state index in [9.17, 15) is 19.1 Å². The fraction of sp³-hybridized carbons (Fsp3) is 0.300. The molecule has 0 bridgehead atoms. The van der Waals surface area contributed by atoms with Gasteiger partial charge in [-0.2, -0.15) is 0 Å². The summed E-state index contributed by atoms with van der Waals surface area (Å²) in [4.78, 5) is 23.7. The van der Waals surface area contributed by atoms with Crippen LogP contribution in [0.2, 0.25) is 0 Å². The fourth-order valence-electron chi connectivity index (χ4n) is 2.68. The molecule has 0 saturated carbocycles. The molecular formula is C20H22FNO4. The summed E-state index contributed by atoms with van der Waals surface area (Å²) in [6, 6.07) is 12.3. The molecule has 2 N–H and O–H groups in total. The number of amides is 1. The fourth-order valence-corrected chi connectivity index (χ4v) is 2.68. The van der Waals surface area contributed by atoms with Gasteiger partial charge in [0.2, 0.25) is 5.91 Å². The van der Waals surface area contributed by atoms with Crippen LogP contribution >= 0.6 is 0 Å². The van der Waals surface area contributed by atoms with E-state index in [0.29, 0.717) is 6.42 Å². The Morgan fingerprint density at radius 1 is 1.15 bits per heavy atom. The van der Waals surface area contributed by atoms with Crippen molar-refractivity contribution in [3.63, 3.8) is 0 Å². The molecule has 6 heteroatoms. The number of methoxy groups -OCH3 is 1. The van der Waals surface area contributed by atoms with E-state index in [2.05, 4.69) is 5.32 Å². The lowest BCUT2D eigenvalue weighted by molar-refractivity contribution is -0.142. The number of hydrogen-bond donors (Lipinski definition) is 2. The standard InChI is InChI=1S/C20H22FNO4/c1-13(14-6-4-3-5-7-14)8-11-18(23)22-19(20(24)25)15-9-10-17(26-2)16(21)12-15/h3-7,9-10,12-13,19H,8,11H2,1-2H3,(H,22,23)(H,24,25). The third kappa shape index (κ3) is 5.05. The second-order valence-corrected chi connectivity index (χ2v) is 6.08. The zero-order valence-electron chi connectivity index (χ0n) is 14.7. The van der Waals surface area contributed by atoms with Crippen LogP contribution in [0, 0.1) is 5.82 Å². The van der Waals surface area contributed by atoms with Crippen LogP contribution in [-0.4, -0.2) is 24.1 Å². The first-order chi connectivity index (χ1) is 12.4. The molecule has 0 spiro atoms. The van der Waals surface area contributed by atoms with Crippen molar-refractivity contribution in [2.75, 3.05) is 7.11 Å². The summed E-state index contributed by atoms with van der Waals surface area (Å²) in [6.07, 6.45) is 0.762. The van der Waals surface area contributed by atoms with Gasteiger partial charge in [-0.1, -0.05) is 43.3 Å². The topological polar surface area (TPSA) is 75.6 Å². The van der Waals surface area contributed by atoms with Crippen molar-refractivity contribution in [3.05, 3.63) is 65.5 Å². The predicted octanol–water partition coefficient (Wildman–Crippen LogP) is 3.66. The average molecular weight is 359 g/mol. The zero-order valence-corrected chi connectivity index (χ0v) is 14.7. The van der Waals surface area contributed by atoms with Crippen LogP contribution < -0.4 is 10.1 Å². The van der Waals surface area contributed by atoms with Gasteiger partial charge in [-0.15, -0.1) is 0 Å². The number of hydrogen-bond acceptors (Lipinski definition) is 3. The lowest BCUT2D eigenvalue weighted by Gasteiger charge is -2.17. The Kier molecular flexibility index (Phi) is 6.72. The number of carboxylic acid groups (broad SMARTS) is 1. The number of carboxylic acids is 1. The molecule has 1 amide bonds. The molecule has 0 radical (unpaired) electrons. The van der Waals surface area contributed by atoms with Crippen molar-refractivity contribution < 1.29 is 23.8 Å². The van der Waals surface area contributed by atoms with Gasteiger partial charge in [-0.25, -0.2) is 9.18 Å². The van der Waals surface area contributed by atoms with E-state index < -0.39 is 23.7 Å². The molecule has 2 rings (SSSR count). The second-order valence-electron chi connectivity index (χ2n) is 6.08. The lowest BCUT2D eigenvalue weighted by atomic mass is 9.96. The summed E-state index contributed by atoms with van der Waals surface area (Å²) in [5, 5.41) is 11.8. The second kappa shape index (κ2) is 8.99. The molecule has 2 atom stereocenters. The SMILES string of the molecule is COc1ccc(C(NC(=O)CCC(C)c2ccccc2)C(=O)O)cc1F. The molecule has 2 aromatic rings. The van der Waals surface area contributed by atoms with Crippen molar-refractivity contribution >= 4 is 11.9 Å². The highest BCUT2D eigenvalue weighted by atomic mass is 19.1. The van der Waals surface area contributed by atoms with Crippen LogP contribution in [0.5, 0.6) is 5.75 Å². The highest BCUT2D eigenvalue weighted by molar-refractivity contribution is 5.84. The van der Waals surface area contributed by atoms with Gasteiger partial charge in [0.15, 0.2) is 17.6 Å². The highest BCUT2D eigenvalue weighted by Crippen LogP contribution is 2.23. The first-order valence-electron chi connectivity index (χ1n) is 8.33. The maximum atomic E-state index is 13.8. The zero-order chi connectivity index (χ0) is 19.1. The molecule has 0 aliphatic carbocycles. The van der Waals surface area contributed by atoms with Gasteiger partial charge in [0.05, 0.1) is 7.11 Å². The van der Waals surface area contributed by atoms with Crippen molar-refractivity contribution in [1.29, 1.82) is 0 Å². The largest absolute Gasteiger partial charge is 0.494 e. The van der Waals surface area contributed by atoms with E-state index in [1.807, 2.05) is 37.3 Å². The number of halogens is 1. The normalized spacial score (nSPS) is 12.9. The predicted molar refractivity (Wildman–Crippen MR) is 95.6 cm³/mol. The Labute approximate surface area is 151 Å². The number of aliphatic carboxylic acids is 1. The smallest absolute Gasteiger partial charge is 0.330 e. The number of carbonyl (C=O) groups is 2. The van der Waals surface area contributed by atoms with Crippen molar-refractivity contribution in [3.8, 4) is 5.75 Å². The van der Waals surface area contributed by atoms with Crippen molar-refractivity contribution in [2.24, 2.45) is 0 Å². The Bertz CT molecular complexity index is 764. The number of benzene rings is 2. The minimum absolute atomic E-state index is 0.0147. The summed E-state index contributed by atoms with van der Waals surface area (Å²) in [7, 11) is 1.32. The number of ether oxygens (including phenoxy) is 1. The minimum atomic E-state index is -1.31. The van der Waals surface area contributed by atoms with E-state index in [1.165, 1.54) is 19.2 Å². The Morgan fingerprint density at radius 2 is 1.85 bits per heavy atom. The highest BCUT2D eigenvalue weighted by Gasteiger charge is 2.23. The molecule has 0 aromatic heterocycles. The van der Waals surface area contributed by atoms with Crippen LogP contribution in [0.3, 0.4) is 0 Å². The monoisotopic (exact) mass is 359 g/mol. The molecule has 2 aromatic carbocycles. The number of nitrogens with one attached hydrogen (secondary N) is 1. The van der Waals surface area contributed by atoms with Crippen LogP contribution in [-0.2, 0) is 9.59 Å². The van der Waals surface area contributed by atoms with E-state index >= 15 is 0 Å². The molecule has 0 fully saturated rings. The van der Waals surface area contributed by atoms with E-state index in [-0.39, 0.29) is 23.7 Å². The Balaban J connectivity index is 2.00.